The highest BCUT2D eigenvalue weighted by Crippen LogP contribution is 2.20. The Labute approximate surface area is 131 Å². The second-order valence-corrected chi connectivity index (χ2v) is 5.70. The third-order valence-corrected chi connectivity index (χ3v) is 3.75. The highest BCUT2D eigenvalue weighted by molar-refractivity contribution is 7.99. The van der Waals surface area contributed by atoms with Crippen molar-refractivity contribution >= 4 is 29.0 Å². The van der Waals surface area contributed by atoms with Gasteiger partial charge in [0.1, 0.15) is 6.33 Å². The van der Waals surface area contributed by atoms with Crippen LogP contribution in [0.4, 0.5) is 11.4 Å². The fraction of sp³-hybridized carbons (Fsp3) is 0.308. The highest BCUT2D eigenvalue weighted by Gasteiger charge is 2.11. The van der Waals surface area contributed by atoms with Crippen LogP contribution in [-0.4, -0.2) is 31.3 Å². The summed E-state index contributed by atoms with van der Waals surface area (Å²) < 4.78 is 1.88. The number of nitrogens with one attached hydrogen (secondary N) is 1. The molecule has 2 rings (SSSR count). The third-order valence-electron chi connectivity index (χ3n) is 2.79. The van der Waals surface area contributed by atoms with Gasteiger partial charge in [-0.2, -0.15) is 0 Å². The van der Waals surface area contributed by atoms with E-state index in [1.165, 1.54) is 36.0 Å². The largest absolute Gasteiger partial charge is 0.325 e. The molecule has 0 aliphatic carbocycles. The van der Waals surface area contributed by atoms with E-state index >= 15 is 0 Å². The predicted molar refractivity (Wildman–Crippen MR) is 82.9 cm³/mol. The Balaban J connectivity index is 1.90. The van der Waals surface area contributed by atoms with E-state index in [2.05, 4.69) is 15.5 Å². The maximum Gasteiger partial charge on any atom is 0.269 e. The van der Waals surface area contributed by atoms with Crippen LogP contribution < -0.4 is 5.32 Å². The zero-order valence-electron chi connectivity index (χ0n) is 12.1. The molecule has 0 bridgehead atoms. The number of rotatable bonds is 6. The number of hydrogen-bond donors (Lipinski definition) is 1. The van der Waals surface area contributed by atoms with Gasteiger partial charge >= 0.3 is 0 Å². The fourth-order valence-electron chi connectivity index (χ4n) is 1.68. The Hall–Kier alpha value is -2.42. The van der Waals surface area contributed by atoms with Crippen LogP contribution in [0.15, 0.2) is 35.7 Å². The van der Waals surface area contributed by atoms with Crippen LogP contribution in [-0.2, 0) is 4.79 Å². The normalized spacial score (nSPS) is 10.7. The van der Waals surface area contributed by atoms with Crippen LogP contribution in [0.1, 0.15) is 19.9 Å². The molecule has 1 aromatic carbocycles. The summed E-state index contributed by atoms with van der Waals surface area (Å²) in [6.45, 7) is 4.01. The van der Waals surface area contributed by atoms with Crippen LogP contribution >= 0.6 is 11.8 Å². The number of carbonyl (C=O) groups excluding carboxylic acids is 1. The number of thioether (sulfide) groups is 1. The van der Waals surface area contributed by atoms with Gasteiger partial charge in [0, 0.05) is 23.9 Å². The van der Waals surface area contributed by atoms with Gasteiger partial charge in [-0.25, -0.2) is 0 Å². The minimum atomic E-state index is -0.486. The standard InChI is InChI=1S/C13H15N5O3S/c1-9(2)17-8-14-16-13(17)22-7-12(19)15-10-3-5-11(6-4-10)18(20)21/h3-6,8-9H,7H2,1-2H3,(H,15,19). The molecule has 0 aliphatic rings. The number of aromatic nitrogens is 3. The molecule has 1 amide bonds. The van der Waals surface area contributed by atoms with E-state index in [4.69, 9.17) is 0 Å². The van der Waals surface area contributed by atoms with Crippen molar-refractivity contribution in [3.63, 3.8) is 0 Å². The topological polar surface area (TPSA) is 103 Å². The van der Waals surface area contributed by atoms with Crippen molar-refractivity contribution in [2.75, 3.05) is 11.1 Å². The fourth-order valence-corrected chi connectivity index (χ4v) is 2.53. The quantitative estimate of drug-likeness (QED) is 0.498. The second kappa shape index (κ2) is 7.03. The lowest BCUT2D eigenvalue weighted by Crippen LogP contribution is -2.14. The molecule has 0 atom stereocenters. The third kappa shape index (κ3) is 4.04. The number of amides is 1. The molecule has 22 heavy (non-hydrogen) atoms. The lowest BCUT2D eigenvalue weighted by molar-refractivity contribution is -0.384. The SMILES string of the molecule is CC(C)n1cnnc1SCC(=O)Nc1ccc([N+](=O)[O-])cc1. The van der Waals surface area contributed by atoms with Crippen molar-refractivity contribution in [1.29, 1.82) is 0 Å². The van der Waals surface area contributed by atoms with E-state index in [0.717, 1.165) is 0 Å². The van der Waals surface area contributed by atoms with Gasteiger partial charge in [-0.1, -0.05) is 11.8 Å². The number of hydrogen-bond acceptors (Lipinski definition) is 6. The van der Waals surface area contributed by atoms with E-state index in [1.807, 2.05) is 18.4 Å². The van der Waals surface area contributed by atoms with Crippen molar-refractivity contribution in [3.05, 3.63) is 40.7 Å². The van der Waals surface area contributed by atoms with Crippen LogP contribution in [0.5, 0.6) is 0 Å². The van der Waals surface area contributed by atoms with Gasteiger partial charge in [-0.3, -0.25) is 14.9 Å². The first kappa shape index (κ1) is 16.0. The first-order valence-corrected chi connectivity index (χ1v) is 7.52. The number of nitro groups is 1. The molecule has 2 aromatic rings. The molecule has 1 heterocycles. The van der Waals surface area contributed by atoms with E-state index in [1.54, 1.807) is 6.33 Å². The van der Waals surface area contributed by atoms with Gasteiger partial charge < -0.3 is 9.88 Å². The Kier molecular flexibility index (Phi) is 5.10. The number of benzene rings is 1. The smallest absolute Gasteiger partial charge is 0.269 e. The molecule has 0 saturated heterocycles. The van der Waals surface area contributed by atoms with Gasteiger partial charge in [0.25, 0.3) is 5.69 Å². The summed E-state index contributed by atoms with van der Waals surface area (Å²) in [5.41, 5.74) is 0.499. The summed E-state index contributed by atoms with van der Waals surface area (Å²) in [7, 11) is 0. The summed E-state index contributed by atoms with van der Waals surface area (Å²) in [5, 5.41) is 21.7. The summed E-state index contributed by atoms with van der Waals surface area (Å²) in [4.78, 5) is 22.0. The first-order chi connectivity index (χ1) is 10.5. The summed E-state index contributed by atoms with van der Waals surface area (Å²) in [6, 6.07) is 5.90. The van der Waals surface area contributed by atoms with Gasteiger partial charge in [0.15, 0.2) is 5.16 Å². The monoisotopic (exact) mass is 321 g/mol. The average Bonchev–Trinajstić information content (AvgIpc) is 2.94. The van der Waals surface area contributed by atoms with Crippen LogP contribution in [0.25, 0.3) is 0 Å². The van der Waals surface area contributed by atoms with Crippen molar-refractivity contribution in [1.82, 2.24) is 14.8 Å². The molecule has 0 unspecified atom stereocenters. The Morgan fingerprint density at radius 1 is 1.41 bits per heavy atom. The Morgan fingerprint density at radius 2 is 2.09 bits per heavy atom. The molecule has 0 saturated carbocycles. The zero-order valence-corrected chi connectivity index (χ0v) is 12.9. The molecule has 1 aromatic heterocycles. The second-order valence-electron chi connectivity index (χ2n) is 4.76. The van der Waals surface area contributed by atoms with Crippen LogP contribution in [0.2, 0.25) is 0 Å². The molecule has 0 spiro atoms. The molecule has 9 heteroatoms. The van der Waals surface area contributed by atoms with E-state index < -0.39 is 4.92 Å². The number of anilines is 1. The minimum absolute atomic E-state index is 0.0163. The van der Waals surface area contributed by atoms with E-state index in [9.17, 15) is 14.9 Å². The van der Waals surface area contributed by atoms with Crippen LogP contribution in [0, 0.1) is 10.1 Å². The van der Waals surface area contributed by atoms with Crippen molar-refractivity contribution in [2.45, 2.75) is 25.0 Å². The molecular weight excluding hydrogens is 306 g/mol. The summed E-state index contributed by atoms with van der Waals surface area (Å²) in [6.07, 6.45) is 1.63. The summed E-state index contributed by atoms with van der Waals surface area (Å²) in [5.74, 6) is -0.0280. The van der Waals surface area contributed by atoms with Gasteiger partial charge in [0.05, 0.1) is 10.7 Å². The number of carbonyl (C=O) groups is 1. The minimum Gasteiger partial charge on any atom is -0.325 e. The molecule has 0 radical (unpaired) electrons. The Morgan fingerprint density at radius 3 is 2.68 bits per heavy atom. The van der Waals surface area contributed by atoms with Gasteiger partial charge in [-0.05, 0) is 26.0 Å². The van der Waals surface area contributed by atoms with Crippen molar-refractivity contribution < 1.29 is 9.72 Å². The highest BCUT2D eigenvalue weighted by atomic mass is 32.2. The van der Waals surface area contributed by atoms with E-state index in [-0.39, 0.29) is 23.4 Å². The molecule has 1 N–H and O–H groups in total. The molecule has 8 nitrogen and oxygen atoms in total. The lowest BCUT2D eigenvalue weighted by atomic mass is 10.3. The first-order valence-electron chi connectivity index (χ1n) is 6.54. The predicted octanol–water partition coefficient (Wildman–Crippen LogP) is 2.50. The van der Waals surface area contributed by atoms with Crippen molar-refractivity contribution in [2.24, 2.45) is 0 Å². The van der Waals surface area contributed by atoms with Crippen LogP contribution in [0.3, 0.4) is 0 Å². The zero-order chi connectivity index (χ0) is 16.1. The summed E-state index contributed by atoms with van der Waals surface area (Å²) >= 11 is 1.29. The number of non-ortho nitro benzene ring substituents is 1. The van der Waals surface area contributed by atoms with Gasteiger partial charge in [-0.15, -0.1) is 10.2 Å². The number of nitrogens with zero attached hydrogens (tertiary/aromatic N) is 4. The molecular formula is C13H15N5O3S. The average molecular weight is 321 g/mol. The number of nitro benzene ring substituents is 1. The maximum absolute atomic E-state index is 11.9. The van der Waals surface area contributed by atoms with Gasteiger partial charge in [0.2, 0.25) is 5.91 Å². The van der Waals surface area contributed by atoms with E-state index in [0.29, 0.717) is 10.8 Å². The Bertz CT molecular complexity index is 669. The van der Waals surface area contributed by atoms with Crippen molar-refractivity contribution in [3.8, 4) is 0 Å². The molecule has 116 valence electrons. The molecule has 0 aliphatic heterocycles. The lowest BCUT2D eigenvalue weighted by Gasteiger charge is -2.09. The molecule has 0 fully saturated rings. The maximum atomic E-state index is 11.9.